The molecule has 104 valence electrons. The maximum absolute atomic E-state index is 5.81. The predicted octanol–water partition coefficient (Wildman–Crippen LogP) is 1.36. The zero-order valence-electron chi connectivity index (χ0n) is 11.7. The van der Waals surface area contributed by atoms with Crippen LogP contribution in [-0.2, 0) is 16.0 Å². The second kappa shape index (κ2) is 7.53. The molecule has 0 saturated carbocycles. The Bertz CT molecular complexity index is 337. The highest BCUT2D eigenvalue weighted by molar-refractivity contribution is 5.05. The number of methoxy groups -OCH3 is 2. The lowest BCUT2D eigenvalue weighted by molar-refractivity contribution is -0.116. The van der Waals surface area contributed by atoms with Crippen LogP contribution in [0.3, 0.4) is 0 Å². The van der Waals surface area contributed by atoms with Gasteiger partial charge in [0.25, 0.3) is 0 Å². The van der Waals surface area contributed by atoms with E-state index in [2.05, 4.69) is 4.90 Å². The van der Waals surface area contributed by atoms with Gasteiger partial charge in [0, 0.05) is 33.2 Å². The molecule has 0 aliphatic heterocycles. The van der Waals surface area contributed by atoms with Gasteiger partial charge in [-0.3, -0.25) is 4.90 Å². The average Bonchev–Trinajstić information content (AvgIpc) is 2.76. The van der Waals surface area contributed by atoms with Crippen molar-refractivity contribution in [3.05, 3.63) is 23.7 Å². The molecule has 1 aromatic rings. The minimum Gasteiger partial charge on any atom is -0.465 e. The summed E-state index contributed by atoms with van der Waals surface area (Å²) in [6.45, 7) is 3.23. The van der Waals surface area contributed by atoms with Crippen molar-refractivity contribution in [2.24, 2.45) is 5.73 Å². The summed E-state index contributed by atoms with van der Waals surface area (Å²) in [6.07, 6.45) is 0.513. The fourth-order valence-corrected chi connectivity index (χ4v) is 1.91. The van der Waals surface area contributed by atoms with Gasteiger partial charge in [-0.15, -0.1) is 0 Å². The Kier molecular flexibility index (Phi) is 6.35. The summed E-state index contributed by atoms with van der Waals surface area (Å²) in [4.78, 5) is 2.16. The van der Waals surface area contributed by atoms with Crippen LogP contribution in [-0.4, -0.2) is 45.0 Å². The molecule has 0 bridgehead atoms. The molecular formula is C13H24N2O3. The SMILES string of the molecule is COC(CC(CN)N(C)Cc1ccc(C)o1)OC. The summed E-state index contributed by atoms with van der Waals surface area (Å²) in [5, 5.41) is 0. The van der Waals surface area contributed by atoms with Gasteiger partial charge >= 0.3 is 0 Å². The van der Waals surface area contributed by atoms with E-state index in [1.807, 2.05) is 26.1 Å². The second-order valence-corrected chi connectivity index (χ2v) is 4.45. The Hall–Kier alpha value is -0.880. The van der Waals surface area contributed by atoms with E-state index in [1.54, 1.807) is 14.2 Å². The van der Waals surface area contributed by atoms with Crippen LogP contribution in [0.15, 0.2) is 16.5 Å². The molecule has 1 atom stereocenters. The standard InChI is InChI=1S/C13H24N2O3/c1-10-5-6-12(18-10)9-15(2)11(8-14)7-13(16-3)17-4/h5-6,11,13H,7-9,14H2,1-4H3. The number of hydrogen-bond donors (Lipinski definition) is 1. The van der Waals surface area contributed by atoms with Gasteiger partial charge in [0.1, 0.15) is 11.5 Å². The molecule has 0 fully saturated rings. The van der Waals surface area contributed by atoms with E-state index in [-0.39, 0.29) is 12.3 Å². The van der Waals surface area contributed by atoms with Crippen molar-refractivity contribution in [2.75, 3.05) is 27.8 Å². The van der Waals surface area contributed by atoms with Crippen molar-refractivity contribution in [1.82, 2.24) is 4.90 Å². The van der Waals surface area contributed by atoms with Gasteiger partial charge in [-0.05, 0) is 26.1 Å². The van der Waals surface area contributed by atoms with Gasteiger partial charge in [0.15, 0.2) is 6.29 Å². The van der Waals surface area contributed by atoms with Crippen molar-refractivity contribution in [3.8, 4) is 0 Å². The molecule has 1 heterocycles. The van der Waals surface area contributed by atoms with Gasteiger partial charge in [-0.2, -0.15) is 0 Å². The monoisotopic (exact) mass is 256 g/mol. The first kappa shape index (κ1) is 15.2. The molecule has 18 heavy (non-hydrogen) atoms. The van der Waals surface area contributed by atoms with Crippen LogP contribution in [0.25, 0.3) is 0 Å². The Morgan fingerprint density at radius 3 is 2.44 bits per heavy atom. The highest BCUT2D eigenvalue weighted by Gasteiger charge is 2.19. The third-order valence-electron chi connectivity index (χ3n) is 3.09. The molecule has 0 aliphatic carbocycles. The molecule has 0 aromatic carbocycles. The van der Waals surface area contributed by atoms with Crippen LogP contribution in [0.4, 0.5) is 0 Å². The zero-order chi connectivity index (χ0) is 13.5. The average molecular weight is 256 g/mol. The predicted molar refractivity (Wildman–Crippen MR) is 70.2 cm³/mol. The van der Waals surface area contributed by atoms with Crippen molar-refractivity contribution >= 4 is 0 Å². The number of nitrogens with zero attached hydrogens (tertiary/aromatic N) is 1. The largest absolute Gasteiger partial charge is 0.465 e. The second-order valence-electron chi connectivity index (χ2n) is 4.45. The van der Waals surface area contributed by atoms with Gasteiger partial charge in [-0.1, -0.05) is 0 Å². The van der Waals surface area contributed by atoms with E-state index in [1.165, 1.54) is 0 Å². The summed E-state index contributed by atoms with van der Waals surface area (Å²) in [5.74, 6) is 1.87. The maximum Gasteiger partial charge on any atom is 0.158 e. The van der Waals surface area contributed by atoms with Gasteiger partial charge in [0.05, 0.1) is 6.54 Å². The Morgan fingerprint density at radius 1 is 1.33 bits per heavy atom. The summed E-state index contributed by atoms with van der Waals surface area (Å²) in [6, 6.07) is 4.15. The van der Waals surface area contributed by atoms with Gasteiger partial charge < -0.3 is 19.6 Å². The summed E-state index contributed by atoms with van der Waals surface area (Å²) in [5.41, 5.74) is 5.81. The molecule has 0 saturated heterocycles. The lowest BCUT2D eigenvalue weighted by atomic mass is 10.1. The highest BCUT2D eigenvalue weighted by atomic mass is 16.7. The Morgan fingerprint density at radius 2 is 2.00 bits per heavy atom. The lowest BCUT2D eigenvalue weighted by Gasteiger charge is -2.28. The number of likely N-dealkylation sites (N-methyl/N-ethyl adjacent to an activating group) is 1. The number of hydrogen-bond acceptors (Lipinski definition) is 5. The minimum absolute atomic E-state index is 0.195. The molecule has 2 N–H and O–H groups in total. The zero-order valence-corrected chi connectivity index (χ0v) is 11.7. The first-order chi connectivity index (χ1) is 8.60. The van der Waals surface area contributed by atoms with E-state index >= 15 is 0 Å². The molecule has 1 aromatic heterocycles. The highest BCUT2D eigenvalue weighted by Crippen LogP contribution is 2.13. The quantitative estimate of drug-likeness (QED) is 0.712. The minimum atomic E-state index is -0.223. The number of ether oxygens (including phenoxy) is 2. The molecule has 0 aliphatic rings. The van der Waals surface area contributed by atoms with E-state index in [0.29, 0.717) is 6.54 Å². The Labute approximate surface area is 109 Å². The normalized spacial score (nSPS) is 13.5. The fraction of sp³-hybridized carbons (Fsp3) is 0.692. The molecule has 0 spiro atoms. The smallest absolute Gasteiger partial charge is 0.158 e. The maximum atomic E-state index is 5.81. The molecule has 0 radical (unpaired) electrons. The first-order valence-electron chi connectivity index (χ1n) is 6.12. The van der Waals surface area contributed by atoms with Crippen LogP contribution in [0.5, 0.6) is 0 Å². The molecule has 0 amide bonds. The molecule has 1 unspecified atom stereocenters. The van der Waals surface area contributed by atoms with E-state index < -0.39 is 0 Å². The summed E-state index contributed by atoms with van der Waals surface area (Å²) >= 11 is 0. The van der Waals surface area contributed by atoms with Crippen molar-refractivity contribution in [2.45, 2.75) is 32.2 Å². The Balaban J connectivity index is 2.53. The fourth-order valence-electron chi connectivity index (χ4n) is 1.91. The van der Waals surface area contributed by atoms with Crippen molar-refractivity contribution < 1.29 is 13.9 Å². The molecule has 5 heteroatoms. The number of nitrogens with two attached hydrogens (primary N) is 1. The summed E-state index contributed by atoms with van der Waals surface area (Å²) < 4.78 is 16.0. The van der Waals surface area contributed by atoms with Crippen molar-refractivity contribution in [1.29, 1.82) is 0 Å². The van der Waals surface area contributed by atoms with Crippen molar-refractivity contribution in [3.63, 3.8) is 0 Å². The third kappa shape index (κ3) is 4.42. The first-order valence-corrected chi connectivity index (χ1v) is 6.12. The van der Waals surface area contributed by atoms with E-state index in [4.69, 9.17) is 19.6 Å². The number of furan rings is 1. The van der Waals surface area contributed by atoms with Crippen LogP contribution >= 0.6 is 0 Å². The van der Waals surface area contributed by atoms with Gasteiger partial charge in [-0.25, -0.2) is 0 Å². The molecule has 1 rings (SSSR count). The number of aryl methyl sites for hydroxylation is 1. The topological polar surface area (TPSA) is 60.9 Å². The number of rotatable bonds is 8. The van der Waals surface area contributed by atoms with Gasteiger partial charge in [0.2, 0.25) is 0 Å². The third-order valence-corrected chi connectivity index (χ3v) is 3.09. The van der Waals surface area contributed by atoms with Crippen LogP contribution in [0.1, 0.15) is 17.9 Å². The van der Waals surface area contributed by atoms with Crippen LogP contribution < -0.4 is 5.73 Å². The van der Waals surface area contributed by atoms with E-state index in [0.717, 1.165) is 24.5 Å². The summed E-state index contributed by atoms with van der Waals surface area (Å²) in [7, 11) is 5.30. The molecule has 5 nitrogen and oxygen atoms in total. The van der Waals surface area contributed by atoms with Crippen LogP contribution in [0.2, 0.25) is 0 Å². The molecular weight excluding hydrogens is 232 g/mol. The van der Waals surface area contributed by atoms with Crippen LogP contribution in [0, 0.1) is 6.92 Å². The van der Waals surface area contributed by atoms with E-state index in [9.17, 15) is 0 Å². The lowest BCUT2D eigenvalue weighted by Crippen LogP contribution is -2.40.